The molecule has 4 bridgehead atoms. The number of urea groups is 1. The van der Waals surface area contributed by atoms with Crippen molar-refractivity contribution in [3.8, 4) is 11.1 Å². The van der Waals surface area contributed by atoms with Gasteiger partial charge < -0.3 is 30.9 Å². The van der Waals surface area contributed by atoms with Gasteiger partial charge in [-0.2, -0.15) is 0 Å². The van der Waals surface area contributed by atoms with Crippen molar-refractivity contribution in [2.45, 2.75) is 63.2 Å². The van der Waals surface area contributed by atoms with Crippen LogP contribution in [0.1, 0.15) is 43.9 Å². The van der Waals surface area contributed by atoms with Crippen LogP contribution in [0.5, 0.6) is 0 Å². The third kappa shape index (κ3) is 8.46. The summed E-state index contributed by atoms with van der Waals surface area (Å²) in [4.78, 5) is 54.7. The second kappa shape index (κ2) is 14.8. The highest BCUT2D eigenvalue weighted by atomic mass is 32.2. The van der Waals surface area contributed by atoms with Gasteiger partial charge in [-0.1, -0.05) is 61.5 Å². The molecule has 6 rings (SSSR count). The Balaban J connectivity index is 1.45. The molecule has 3 heterocycles. The fourth-order valence-corrected chi connectivity index (χ4v) is 6.45. The lowest BCUT2D eigenvalue weighted by Crippen LogP contribution is -2.50. The predicted octanol–water partition coefficient (Wildman–Crippen LogP) is 4.15. The van der Waals surface area contributed by atoms with Crippen LogP contribution in [0.15, 0.2) is 71.6 Å². The van der Waals surface area contributed by atoms with E-state index in [0.29, 0.717) is 18.8 Å². The molecule has 11 heteroatoms. The number of hydrogen-bond acceptors (Lipinski definition) is 7. The van der Waals surface area contributed by atoms with Crippen LogP contribution < -0.4 is 26.2 Å². The van der Waals surface area contributed by atoms with Crippen LogP contribution in [-0.4, -0.2) is 60.8 Å². The Bertz CT molecular complexity index is 1590. The topological polar surface area (TPSA) is 129 Å². The van der Waals surface area contributed by atoms with Crippen molar-refractivity contribution >= 4 is 41.3 Å². The van der Waals surface area contributed by atoms with E-state index in [-0.39, 0.29) is 37.9 Å². The van der Waals surface area contributed by atoms with Gasteiger partial charge in [0, 0.05) is 35.7 Å². The van der Waals surface area contributed by atoms with E-state index in [2.05, 4.69) is 46.4 Å². The number of hydrogen-bond donors (Lipinski definition) is 4. The summed E-state index contributed by atoms with van der Waals surface area (Å²) in [5.41, 5.74) is 5.15. The molecule has 1 atom stereocenters. The summed E-state index contributed by atoms with van der Waals surface area (Å²) in [6.07, 6.45) is 0.983. The Morgan fingerprint density at radius 1 is 0.957 bits per heavy atom. The van der Waals surface area contributed by atoms with E-state index in [1.807, 2.05) is 62.4 Å². The predicted molar refractivity (Wildman–Crippen MR) is 179 cm³/mol. The first-order valence-electron chi connectivity index (χ1n) is 15.6. The summed E-state index contributed by atoms with van der Waals surface area (Å²) in [6, 6.07) is 20.9. The Kier molecular flexibility index (Phi) is 10.6. The number of fused-ring (bicyclic) bond motifs is 16. The monoisotopic (exact) mass is 643 g/mol. The van der Waals surface area contributed by atoms with Gasteiger partial charge in [0.25, 0.3) is 5.91 Å². The summed E-state index contributed by atoms with van der Waals surface area (Å²) in [5, 5.41) is 11.6. The molecule has 0 aromatic heterocycles. The van der Waals surface area contributed by atoms with E-state index in [4.69, 9.17) is 4.74 Å². The largest absolute Gasteiger partial charge is 0.462 e. The zero-order valence-electron chi connectivity index (χ0n) is 26.5. The van der Waals surface area contributed by atoms with Gasteiger partial charge in [-0.3, -0.25) is 14.4 Å². The number of esters is 1. The summed E-state index contributed by atoms with van der Waals surface area (Å²) in [5.74, 6) is -0.540. The number of ether oxygens (including phenoxy) is 1. The van der Waals surface area contributed by atoms with Gasteiger partial charge in [-0.05, 0) is 60.2 Å². The van der Waals surface area contributed by atoms with Gasteiger partial charge >= 0.3 is 12.0 Å². The van der Waals surface area contributed by atoms with Crippen LogP contribution in [0.25, 0.3) is 11.1 Å². The molecule has 0 unspecified atom stereocenters. The molecule has 3 aromatic carbocycles. The van der Waals surface area contributed by atoms with Gasteiger partial charge in [0.1, 0.15) is 19.2 Å². The first-order valence-corrected chi connectivity index (χ1v) is 16.6. The van der Waals surface area contributed by atoms with Crippen LogP contribution in [0.4, 0.5) is 10.5 Å². The zero-order valence-corrected chi connectivity index (χ0v) is 27.3. The van der Waals surface area contributed by atoms with Gasteiger partial charge in [-0.25, -0.2) is 4.79 Å². The van der Waals surface area contributed by atoms with Crippen LogP contribution in [0, 0.1) is 0 Å². The molecule has 10 nitrogen and oxygen atoms in total. The Labute approximate surface area is 274 Å². The number of benzene rings is 3. The lowest BCUT2D eigenvalue weighted by atomic mass is 9.98. The van der Waals surface area contributed by atoms with Crippen molar-refractivity contribution in [2.75, 3.05) is 30.3 Å². The number of thioether (sulfide) groups is 1. The maximum atomic E-state index is 14.1. The second-order valence-corrected chi connectivity index (χ2v) is 13.2. The number of carbonyl (C=O) groups is 4. The van der Waals surface area contributed by atoms with Crippen molar-refractivity contribution in [1.29, 1.82) is 0 Å². The molecule has 4 amide bonds. The Morgan fingerprint density at radius 2 is 1.72 bits per heavy atom. The number of nitrogens with one attached hydrogen (secondary N) is 4. The summed E-state index contributed by atoms with van der Waals surface area (Å²) >= 11 is 1.57. The van der Waals surface area contributed by atoms with Gasteiger partial charge in [0.2, 0.25) is 5.91 Å². The molecular weight excluding hydrogens is 602 g/mol. The molecule has 4 N–H and O–H groups in total. The first kappa shape index (κ1) is 33.0. The second-order valence-electron chi connectivity index (χ2n) is 12.1. The lowest BCUT2D eigenvalue weighted by Gasteiger charge is -2.27. The highest BCUT2D eigenvalue weighted by Crippen LogP contribution is 2.36. The van der Waals surface area contributed by atoms with Crippen LogP contribution in [-0.2, 0) is 38.6 Å². The van der Waals surface area contributed by atoms with Gasteiger partial charge in [0.15, 0.2) is 0 Å². The highest BCUT2D eigenvalue weighted by molar-refractivity contribution is 7.99. The number of amides is 4. The maximum Gasteiger partial charge on any atom is 0.325 e. The van der Waals surface area contributed by atoms with Gasteiger partial charge in [-0.15, -0.1) is 11.8 Å². The minimum atomic E-state index is -0.691. The molecule has 3 aromatic rings. The average Bonchev–Trinajstić information content (AvgIpc) is 3.17. The number of aryl methyl sites for hydroxylation is 1. The van der Waals surface area contributed by atoms with E-state index in [1.54, 1.807) is 16.7 Å². The molecule has 0 saturated carbocycles. The molecule has 0 aliphatic carbocycles. The molecule has 46 heavy (non-hydrogen) atoms. The smallest absolute Gasteiger partial charge is 0.325 e. The molecule has 3 aliphatic heterocycles. The standard InChI is InChI=1S/C35H41N5O5S/c1-4-23-11-14-30-29(17-23)40-20-24-9-12-25(13-10-24)27-8-6-5-7-26(27)18-36-34(44)37-19-32(42)45-22-35(2,3)38-16-15-31(41)39-28(21-46-30)33(40)43/h5-14,17,28,38H,4,15-16,18-22H2,1-3H3,(H,39,41)(H2,36,37,44)/t28-/m1/s1. The van der Waals surface area contributed by atoms with Crippen molar-refractivity contribution in [2.24, 2.45) is 0 Å². The van der Waals surface area contributed by atoms with E-state index in [0.717, 1.165) is 44.8 Å². The zero-order chi connectivity index (χ0) is 32.7. The maximum absolute atomic E-state index is 14.1. The fraction of sp³-hybridized carbons (Fsp3) is 0.371. The fourth-order valence-electron chi connectivity index (χ4n) is 5.40. The third-order valence-corrected chi connectivity index (χ3v) is 9.19. The average molecular weight is 644 g/mol. The van der Waals surface area contributed by atoms with Crippen molar-refractivity contribution in [3.05, 3.63) is 83.4 Å². The number of carbonyl (C=O) groups excluding carboxylic acids is 4. The van der Waals surface area contributed by atoms with Crippen molar-refractivity contribution < 1.29 is 23.9 Å². The molecule has 0 saturated heterocycles. The highest BCUT2D eigenvalue weighted by Gasteiger charge is 2.32. The van der Waals surface area contributed by atoms with Crippen LogP contribution in [0.3, 0.4) is 0 Å². The number of rotatable bonds is 1. The molecule has 0 spiro atoms. The lowest BCUT2D eigenvalue weighted by molar-refractivity contribution is -0.144. The minimum Gasteiger partial charge on any atom is -0.462 e. The van der Waals surface area contributed by atoms with E-state index in [9.17, 15) is 19.2 Å². The summed E-state index contributed by atoms with van der Waals surface area (Å²) < 4.78 is 5.37. The van der Waals surface area contributed by atoms with Crippen LogP contribution >= 0.6 is 11.8 Å². The van der Waals surface area contributed by atoms with Crippen molar-refractivity contribution in [1.82, 2.24) is 21.3 Å². The van der Waals surface area contributed by atoms with Gasteiger partial charge in [0.05, 0.1) is 12.2 Å². The quantitative estimate of drug-likeness (QED) is 0.232. The number of anilines is 1. The third-order valence-electron chi connectivity index (χ3n) is 8.03. The molecule has 0 fully saturated rings. The van der Waals surface area contributed by atoms with E-state index >= 15 is 0 Å². The normalized spacial score (nSPS) is 19.7. The molecule has 3 aliphatic rings. The summed E-state index contributed by atoms with van der Waals surface area (Å²) in [6.45, 7) is 6.51. The SMILES string of the molecule is CCc1ccc2c(c1)N1Cc3ccc(cc3)-c3ccccc3CNC(=O)NCC(=O)OCC(C)(C)NCCC(=O)N[C@H](CS2)C1=O. The first-order chi connectivity index (χ1) is 22.1. The number of nitrogens with zero attached hydrogens (tertiary/aromatic N) is 1. The molecule has 242 valence electrons. The Morgan fingerprint density at radius 3 is 2.50 bits per heavy atom. The minimum absolute atomic E-state index is 0.0489. The van der Waals surface area contributed by atoms with E-state index < -0.39 is 23.6 Å². The Hall–Kier alpha value is -4.35. The van der Waals surface area contributed by atoms with Crippen molar-refractivity contribution in [3.63, 3.8) is 0 Å². The van der Waals surface area contributed by atoms with Crippen LogP contribution in [0.2, 0.25) is 0 Å². The van der Waals surface area contributed by atoms with E-state index in [1.165, 1.54) is 0 Å². The summed E-state index contributed by atoms with van der Waals surface area (Å²) in [7, 11) is 0. The molecular formula is C35H41N5O5S. The molecule has 0 radical (unpaired) electrons.